The third-order valence-corrected chi connectivity index (χ3v) is 5.59. The molecule has 0 bridgehead atoms. The summed E-state index contributed by atoms with van der Waals surface area (Å²) >= 11 is 5.99. The van der Waals surface area contributed by atoms with Gasteiger partial charge < -0.3 is 19.6 Å². The standard InChI is InChI=1S/C25H23ClN6O4.C2H6O.C2H6/c1-16-3-12-22(30-29-16)36-21-10-8-20(9-11-21)27-23-28-24(34)32(17(2)13-14-33)25(35)31(23)15-18-4-6-19(26)7-5-18;1-3-2;1-2/h3-12,14,17H,13,15H2,1-2H3,(H,27,28,34);1-2H3;1-2H3/t17-;;/m0../s1. The van der Waals surface area contributed by atoms with Gasteiger partial charge in [-0.05, 0) is 61.9 Å². The molecule has 0 aliphatic carbocycles. The van der Waals surface area contributed by atoms with Gasteiger partial charge in [0, 0.05) is 43.5 Å². The van der Waals surface area contributed by atoms with E-state index in [2.05, 4.69) is 25.2 Å². The lowest BCUT2D eigenvalue weighted by molar-refractivity contribution is -0.108. The van der Waals surface area contributed by atoms with Crippen molar-refractivity contribution < 1.29 is 14.3 Å². The lowest BCUT2D eigenvalue weighted by Gasteiger charge is -2.18. The number of nitrogens with one attached hydrogen (secondary N) is 1. The summed E-state index contributed by atoms with van der Waals surface area (Å²) < 4.78 is 12.3. The number of hydrogen-bond donors (Lipinski definition) is 1. The number of halogens is 1. The van der Waals surface area contributed by atoms with E-state index in [0.29, 0.717) is 28.6 Å². The molecule has 0 spiro atoms. The Labute approximate surface area is 243 Å². The van der Waals surface area contributed by atoms with E-state index in [1.165, 1.54) is 4.57 Å². The van der Waals surface area contributed by atoms with E-state index in [4.69, 9.17) is 16.3 Å². The molecule has 4 aromatic rings. The minimum absolute atomic E-state index is 0.0113. The average Bonchev–Trinajstić information content (AvgIpc) is 2.96. The molecule has 4 rings (SSSR count). The van der Waals surface area contributed by atoms with Crippen LogP contribution >= 0.6 is 11.6 Å². The van der Waals surface area contributed by atoms with Gasteiger partial charge in [0.1, 0.15) is 12.0 Å². The summed E-state index contributed by atoms with van der Waals surface area (Å²) in [5.74, 6) is 0.948. The predicted molar refractivity (Wildman–Crippen MR) is 160 cm³/mol. The lowest BCUT2D eigenvalue weighted by atomic mass is 10.2. The lowest BCUT2D eigenvalue weighted by Crippen LogP contribution is -2.44. The number of benzene rings is 2. The summed E-state index contributed by atoms with van der Waals surface area (Å²) in [6.45, 7) is 7.58. The first-order chi connectivity index (χ1) is 19.7. The molecule has 2 aromatic carbocycles. The van der Waals surface area contributed by atoms with Gasteiger partial charge in [0.25, 0.3) is 0 Å². The molecule has 12 heteroatoms. The highest BCUT2D eigenvalue weighted by atomic mass is 35.5. The molecule has 11 nitrogen and oxygen atoms in total. The number of aldehydes is 1. The van der Waals surface area contributed by atoms with Crippen LogP contribution in [0.4, 0.5) is 11.6 Å². The van der Waals surface area contributed by atoms with Crippen molar-refractivity contribution >= 4 is 29.5 Å². The Hall–Kier alpha value is -4.35. The highest BCUT2D eigenvalue weighted by Crippen LogP contribution is 2.23. The molecular formula is C29H35ClN6O5. The van der Waals surface area contributed by atoms with Crippen LogP contribution < -0.4 is 21.4 Å². The van der Waals surface area contributed by atoms with Gasteiger partial charge >= 0.3 is 11.4 Å². The number of aromatic nitrogens is 5. The van der Waals surface area contributed by atoms with Crippen molar-refractivity contribution in [1.29, 1.82) is 0 Å². The van der Waals surface area contributed by atoms with Crippen molar-refractivity contribution in [3.8, 4) is 11.6 Å². The van der Waals surface area contributed by atoms with Crippen molar-refractivity contribution in [2.75, 3.05) is 19.5 Å². The minimum atomic E-state index is -0.748. The summed E-state index contributed by atoms with van der Waals surface area (Å²) in [6.07, 6.45) is 0.676. The normalized spacial score (nSPS) is 10.8. The summed E-state index contributed by atoms with van der Waals surface area (Å²) in [5, 5.41) is 11.5. The van der Waals surface area contributed by atoms with E-state index in [9.17, 15) is 14.4 Å². The number of methoxy groups -OCH3 is 1. The largest absolute Gasteiger partial charge is 0.438 e. The predicted octanol–water partition coefficient (Wildman–Crippen LogP) is 5.18. The van der Waals surface area contributed by atoms with E-state index < -0.39 is 17.4 Å². The topological polar surface area (TPSA) is 130 Å². The number of anilines is 2. The zero-order valence-corrected chi connectivity index (χ0v) is 24.8. The fourth-order valence-electron chi connectivity index (χ4n) is 3.44. The maximum absolute atomic E-state index is 13.3. The maximum atomic E-state index is 13.3. The van der Waals surface area contributed by atoms with Crippen LogP contribution in [-0.2, 0) is 16.1 Å². The van der Waals surface area contributed by atoms with Crippen LogP contribution in [0.5, 0.6) is 11.6 Å². The summed E-state index contributed by atoms with van der Waals surface area (Å²) in [7, 11) is 3.25. The number of nitrogens with zero attached hydrogens (tertiary/aromatic N) is 5. The van der Waals surface area contributed by atoms with E-state index in [-0.39, 0.29) is 18.9 Å². The Bertz CT molecular complexity index is 1490. The van der Waals surface area contributed by atoms with Crippen molar-refractivity contribution in [2.45, 2.75) is 46.7 Å². The third-order valence-electron chi connectivity index (χ3n) is 5.34. The number of ether oxygens (including phenoxy) is 2. The molecule has 218 valence electrons. The molecule has 0 radical (unpaired) electrons. The molecule has 0 saturated heterocycles. The van der Waals surface area contributed by atoms with E-state index in [1.54, 1.807) is 81.8 Å². The van der Waals surface area contributed by atoms with Crippen molar-refractivity contribution in [3.05, 3.63) is 97.9 Å². The molecule has 2 heterocycles. The van der Waals surface area contributed by atoms with E-state index in [0.717, 1.165) is 15.8 Å². The van der Waals surface area contributed by atoms with Gasteiger partial charge in [-0.3, -0.25) is 4.57 Å². The van der Waals surface area contributed by atoms with Gasteiger partial charge in [-0.15, -0.1) is 5.10 Å². The monoisotopic (exact) mass is 582 g/mol. The highest BCUT2D eigenvalue weighted by molar-refractivity contribution is 6.30. The number of hydrogen-bond acceptors (Lipinski definition) is 9. The molecule has 1 N–H and O–H groups in total. The van der Waals surface area contributed by atoms with Crippen molar-refractivity contribution in [3.63, 3.8) is 0 Å². The Morgan fingerprint density at radius 1 is 0.976 bits per heavy atom. The van der Waals surface area contributed by atoms with Gasteiger partial charge in [-0.1, -0.05) is 37.6 Å². The molecule has 2 aromatic heterocycles. The minimum Gasteiger partial charge on any atom is -0.438 e. The van der Waals surface area contributed by atoms with Crippen LogP contribution in [0.1, 0.15) is 44.5 Å². The molecule has 0 saturated carbocycles. The average molecular weight is 583 g/mol. The Morgan fingerprint density at radius 3 is 2.17 bits per heavy atom. The van der Waals surface area contributed by atoms with E-state index >= 15 is 0 Å². The summed E-state index contributed by atoms with van der Waals surface area (Å²) in [4.78, 5) is 41.2. The molecular weight excluding hydrogens is 548 g/mol. The Balaban J connectivity index is 0.00000110. The highest BCUT2D eigenvalue weighted by Gasteiger charge is 2.18. The number of carbonyl (C=O) groups is 1. The molecule has 41 heavy (non-hydrogen) atoms. The van der Waals surface area contributed by atoms with Crippen LogP contribution in [0.15, 0.2) is 70.3 Å². The van der Waals surface area contributed by atoms with Gasteiger partial charge in [-0.2, -0.15) is 10.1 Å². The second-order valence-electron chi connectivity index (χ2n) is 8.51. The first-order valence-electron chi connectivity index (χ1n) is 12.9. The third kappa shape index (κ3) is 9.66. The van der Waals surface area contributed by atoms with Crippen LogP contribution in [0.3, 0.4) is 0 Å². The number of aryl methyl sites for hydroxylation is 1. The fraction of sp³-hybridized carbons (Fsp3) is 0.310. The fourth-order valence-corrected chi connectivity index (χ4v) is 3.56. The number of rotatable bonds is 9. The Kier molecular flexibility index (Phi) is 13.4. The van der Waals surface area contributed by atoms with Crippen molar-refractivity contribution in [2.24, 2.45) is 0 Å². The first-order valence-corrected chi connectivity index (χ1v) is 13.3. The zero-order valence-electron chi connectivity index (χ0n) is 24.0. The second kappa shape index (κ2) is 16.7. The van der Waals surface area contributed by atoms with E-state index in [1.807, 2.05) is 20.8 Å². The SMILES string of the molecule is CC.COC.Cc1ccc(Oc2ccc(Nc3nc(=O)n([C@@H](C)CC=O)c(=O)n3Cc3ccc(Cl)cc3)cc2)nn1. The summed E-state index contributed by atoms with van der Waals surface area (Å²) in [6, 6.07) is 16.7. The summed E-state index contributed by atoms with van der Waals surface area (Å²) in [5.41, 5.74) is 0.804. The van der Waals surface area contributed by atoms with Gasteiger partial charge in [0.05, 0.1) is 12.2 Å². The van der Waals surface area contributed by atoms with Gasteiger partial charge in [-0.25, -0.2) is 14.2 Å². The van der Waals surface area contributed by atoms with Crippen LogP contribution in [-0.4, -0.2) is 44.8 Å². The van der Waals surface area contributed by atoms with Crippen molar-refractivity contribution in [1.82, 2.24) is 24.3 Å². The molecule has 1 atom stereocenters. The quantitative estimate of drug-likeness (QED) is 0.265. The van der Waals surface area contributed by atoms with Gasteiger partial charge in [0.2, 0.25) is 11.8 Å². The molecule has 0 amide bonds. The number of carbonyl (C=O) groups excluding carboxylic acids is 1. The first kappa shape index (κ1) is 32.9. The molecule has 0 unspecified atom stereocenters. The molecule has 0 aliphatic heterocycles. The van der Waals surface area contributed by atoms with Crippen LogP contribution in [0.25, 0.3) is 0 Å². The maximum Gasteiger partial charge on any atom is 0.355 e. The second-order valence-corrected chi connectivity index (χ2v) is 8.94. The van der Waals surface area contributed by atoms with Crippen LogP contribution in [0.2, 0.25) is 5.02 Å². The smallest absolute Gasteiger partial charge is 0.355 e. The van der Waals surface area contributed by atoms with Gasteiger partial charge in [0.15, 0.2) is 0 Å². The molecule has 0 fully saturated rings. The zero-order chi connectivity index (χ0) is 30.4. The van der Waals surface area contributed by atoms with Crippen LogP contribution in [0, 0.1) is 6.92 Å². The molecule has 0 aliphatic rings. The Morgan fingerprint density at radius 2 is 1.61 bits per heavy atom.